The fourth-order valence-corrected chi connectivity index (χ4v) is 3.57. The summed E-state index contributed by atoms with van der Waals surface area (Å²) in [6, 6.07) is 10.2. The summed E-state index contributed by atoms with van der Waals surface area (Å²) in [6.45, 7) is 2.63. The summed E-state index contributed by atoms with van der Waals surface area (Å²) in [4.78, 5) is 0. The average molecular weight is 287 g/mol. The molecular weight excluding hydrogens is 262 g/mol. The minimum atomic E-state index is -0.733. The van der Waals surface area contributed by atoms with Gasteiger partial charge in [-0.1, -0.05) is 50.5 Å². The van der Waals surface area contributed by atoms with Crippen molar-refractivity contribution in [2.75, 3.05) is 7.11 Å². The monoisotopic (exact) mass is 287 g/mol. The van der Waals surface area contributed by atoms with Crippen molar-refractivity contribution in [2.24, 2.45) is 11.3 Å². The van der Waals surface area contributed by atoms with E-state index in [2.05, 4.69) is 13.0 Å². The first-order valence-electron chi connectivity index (χ1n) is 7.83. The number of hydrogen-bond donors (Lipinski definition) is 1. The first kappa shape index (κ1) is 16.0. The second kappa shape index (κ2) is 7.06. The quantitative estimate of drug-likeness (QED) is 0.891. The van der Waals surface area contributed by atoms with Crippen LogP contribution >= 0.6 is 0 Å². The van der Waals surface area contributed by atoms with Gasteiger partial charge in [0.25, 0.3) is 0 Å². The number of rotatable bonds is 5. The Morgan fingerprint density at radius 1 is 1.48 bits per heavy atom. The Kier molecular flexibility index (Phi) is 5.39. The molecule has 1 aliphatic rings. The number of benzene rings is 1. The predicted molar refractivity (Wildman–Crippen MR) is 82.4 cm³/mol. The molecule has 1 saturated carbocycles. The first-order valence-corrected chi connectivity index (χ1v) is 7.83. The highest BCUT2D eigenvalue weighted by Crippen LogP contribution is 2.48. The molecule has 1 aliphatic carbocycles. The normalized spacial score (nSPS) is 27.0. The summed E-state index contributed by atoms with van der Waals surface area (Å²) in [5.74, 6) is 0.544. The molecule has 3 nitrogen and oxygen atoms in total. The van der Waals surface area contributed by atoms with Crippen LogP contribution in [0.3, 0.4) is 0 Å². The lowest BCUT2D eigenvalue weighted by atomic mass is 9.65. The van der Waals surface area contributed by atoms with Gasteiger partial charge in [0.2, 0.25) is 0 Å². The molecule has 0 aromatic heterocycles. The van der Waals surface area contributed by atoms with Crippen molar-refractivity contribution in [1.29, 1.82) is 5.26 Å². The zero-order chi connectivity index (χ0) is 15.3. The third kappa shape index (κ3) is 3.28. The Morgan fingerprint density at radius 3 is 2.90 bits per heavy atom. The fraction of sp³-hybridized carbons (Fsp3) is 0.611. The molecule has 114 valence electrons. The van der Waals surface area contributed by atoms with Gasteiger partial charge in [-0.3, -0.25) is 0 Å². The van der Waals surface area contributed by atoms with Crippen LogP contribution in [0.5, 0.6) is 0 Å². The summed E-state index contributed by atoms with van der Waals surface area (Å²) in [7, 11) is 1.65. The first-order chi connectivity index (χ1) is 10.2. The lowest BCUT2D eigenvalue weighted by Crippen LogP contribution is -2.34. The molecule has 1 fully saturated rings. The molecule has 0 aliphatic heterocycles. The van der Waals surface area contributed by atoms with Crippen molar-refractivity contribution >= 4 is 0 Å². The Morgan fingerprint density at radius 2 is 2.24 bits per heavy atom. The van der Waals surface area contributed by atoms with Gasteiger partial charge in [-0.2, -0.15) is 5.26 Å². The number of ether oxygens (including phenoxy) is 1. The van der Waals surface area contributed by atoms with Crippen LogP contribution in [-0.2, 0) is 11.3 Å². The highest BCUT2D eigenvalue weighted by atomic mass is 16.5. The molecule has 0 heterocycles. The standard InChI is InChI=1S/C18H25NO2/c1-3-14-7-6-10-18(11-14,13-19)17(20)16-9-5-4-8-15(16)12-21-2/h4-5,8-9,14,17,20H,3,6-7,10-12H2,1-2H3. The van der Waals surface area contributed by atoms with Crippen LogP contribution in [0.1, 0.15) is 56.3 Å². The highest BCUT2D eigenvalue weighted by molar-refractivity contribution is 5.32. The summed E-state index contributed by atoms with van der Waals surface area (Å²) in [6.07, 6.45) is 4.12. The van der Waals surface area contributed by atoms with Crippen LogP contribution in [0, 0.1) is 22.7 Å². The van der Waals surface area contributed by atoms with Gasteiger partial charge in [0.1, 0.15) is 0 Å². The fourth-order valence-electron chi connectivity index (χ4n) is 3.57. The topological polar surface area (TPSA) is 53.2 Å². The van der Waals surface area contributed by atoms with Crippen molar-refractivity contribution < 1.29 is 9.84 Å². The zero-order valence-electron chi connectivity index (χ0n) is 13.0. The molecule has 21 heavy (non-hydrogen) atoms. The van der Waals surface area contributed by atoms with Crippen molar-refractivity contribution in [3.05, 3.63) is 35.4 Å². The van der Waals surface area contributed by atoms with E-state index in [9.17, 15) is 10.4 Å². The van der Waals surface area contributed by atoms with E-state index in [1.807, 2.05) is 24.3 Å². The molecule has 3 unspecified atom stereocenters. The molecule has 3 atom stereocenters. The van der Waals surface area contributed by atoms with Gasteiger partial charge in [0, 0.05) is 7.11 Å². The SMILES string of the molecule is CCC1CCCC(C#N)(C(O)c2ccccc2COC)C1. The van der Waals surface area contributed by atoms with Gasteiger partial charge >= 0.3 is 0 Å². The molecule has 0 radical (unpaired) electrons. The molecule has 1 N–H and O–H groups in total. The molecule has 0 bridgehead atoms. The van der Waals surface area contributed by atoms with E-state index >= 15 is 0 Å². The lowest BCUT2D eigenvalue weighted by Gasteiger charge is -2.39. The molecule has 0 spiro atoms. The molecule has 2 rings (SSSR count). The van der Waals surface area contributed by atoms with Crippen LogP contribution < -0.4 is 0 Å². The summed E-state index contributed by atoms with van der Waals surface area (Å²) >= 11 is 0. The van der Waals surface area contributed by atoms with E-state index in [4.69, 9.17) is 4.74 Å². The van der Waals surface area contributed by atoms with Gasteiger partial charge in [0.15, 0.2) is 0 Å². The predicted octanol–water partition coefficient (Wildman–Crippen LogP) is 3.98. The van der Waals surface area contributed by atoms with Gasteiger partial charge in [0.05, 0.1) is 24.2 Å². The largest absolute Gasteiger partial charge is 0.387 e. The number of aliphatic hydroxyl groups excluding tert-OH is 1. The number of nitrogens with zero attached hydrogens (tertiary/aromatic N) is 1. The van der Waals surface area contributed by atoms with Crippen LogP contribution in [0.25, 0.3) is 0 Å². The van der Waals surface area contributed by atoms with Crippen LogP contribution in [-0.4, -0.2) is 12.2 Å². The van der Waals surface area contributed by atoms with Gasteiger partial charge in [-0.05, 0) is 29.9 Å². The summed E-state index contributed by atoms with van der Waals surface area (Å²) in [5.41, 5.74) is 1.17. The molecule has 1 aromatic carbocycles. The summed E-state index contributed by atoms with van der Waals surface area (Å²) in [5, 5.41) is 20.7. The molecule has 3 heteroatoms. The Bertz CT molecular complexity index is 508. The third-order valence-electron chi connectivity index (χ3n) is 4.86. The second-order valence-corrected chi connectivity index (χ2v) is 6.17. The maximum absolute atomic E-state index is 10.9. The molecule has 1 aromatic rings. The van der Waals surface area contributed by atoms with Crippen LogP contribution in [0.2, 0.25) is 0 Å². The summed E-state index contributed by atoms with van der Waals surface area (Å²) < 4.78 is 5.22. The Hall–Kier alpha value is -1.37. The smallest absolute Gasteiger partial charge is 0.0979 e. The van der Waals surface area contributed by atoms with E-state index in [0.29, 0.717) is 12.5 Å². The minimum Gasteiger partial charge on any atom is -0.387 e. The van der Waals surface area contributed by atoms with E-state index < -0.39 is 11.5 Å². The maximum atomic E-state index is 10.9. The average Bonchev–Trinajstić information content (AvgIpc) is 2.55. The molecule has 0 amide bonds. The molecular formula is C18H25NO2. The number of methoxy groups -OCH3 is 1. The zero-order valence-corrected chi connectivity index (χ0v) is 13.0. The van der Waals surface area contributed by atoms with Gasteiger partial charge in [-0.25, -0.2) is 0 Å². The van der Waals surface area contributed by atoms with E-state index in [1.165, 1.54) is 6.42 Å². The van der Waals surface area contributed by atoms with Crippen molar-refractivity contribution in [2.45, 2.75) is 51.7 Å². The van der Waals surface area contributed by atoms with E-state index in [1.54, 1.807) is 7.11 Å². The van der Waals surface area contributed by atoms with Gasteiger partial charge in [-0.15, -0.1) is 0 Å². The van der Waals surface area contributed by atoms with E-state index in [0.717, 1.165) is 36.8 Å². The number of hydrogen-bond acceptors (Lipinski definition) is 3. The Labute approximate surface area is 127 Å². The maximum Gasteiger partial charge on any atom is 0.0979 e. The molecule has 0 saturated heterocycles. The van der Waals surface area contributed by atoms with Crippen molar-refractivity contribution in [1.82, 2.24) is 0 Å². The van der Waals surface area contributed by atoms with E-state index in [-0.39, 0.29) is 0 Å². The van der Waals surface area contributed by atoms with Crippen molar-refractivity contribution in [3.63, 3.8) is 0 Å². The number of aliphatic hydroxyl groups is 1. The van der Waals surface area contributed by atoms with Crippen LogP contribution in [0.15, 0.2) is 24.3 Å². The third-order valence-corrected chi connectivity index (χ3v) is 4.86. The second-order valence-electron chi connectivity index (χ2n) is 6.17. The Balaban J connectivity index is 2.32. The van der Waals surface area contributed by atoms with Crippen LogP contribution in [0.4, 0.5) is 0 Å². The lowest BCUT2D eigenvalue weighted by molar-refractivity contribution is 0.0169. The minimum absolute atomic E-state index is 0.464. The van der Waals surface area contributed by atoms with Crippen molar-refractivity contribution in [3.8, 4) is 6.07 Å². The highest BCUT2D eigenvalue weighted by Gasteiger charge is 2.43. The van der Waals surface area contributed by atoms with Gasteiger partial charge < -0.3 is 9.84 Å². The number of nitriles is 1.